The highest BCUT2D eigenvalue weighted by molar-refractivity contribution is 5.89. The number of cyclic esters (lactones) is 4. The molecule has 4 saturated heterocycles. The molecule has 0 N–H and O–H groups in total. The minimum absolute atomic E-state index is 0.177. The Morgan fingerprint density at radius 1 is 0.500 bits per heavy atom. The lowest BCUT2D eigenvalue weighted by molar-refractivity contribution is -0.193. The van der Waals surface area contributed by atoms with Crippen molar-refractivity contribution in [3.63, 3.8) is 0 Å². The van der Waals surface area contributed by atoms with Gasteiger partial charge in [0.25, 0.3) is 12.6 Å². The van der Waals surface area contributed by atoms with Gasteiger partial charge in [-0.2, -0.15) is 0 Å². The second-order valence-corrected chi connectivity index (χ2v) is 18.1. The van der Waals surface area contributed by atoms with Crippen molar-refractivity contribution in [2.24, 2.45) is 21.7 Å². The Morgan fingerprint density at radius 3 is 1.01 bits per heavy atom. The largest absolute Gasteiger partial charge is 0.451 e. The Morgan fingerprint density at radius 2 is 0.786 bits per heavy atom. The predicted molar refractivity (Wildman–Crippen MR) is 231 cm³/mol. The van der Waals surface area contributed by atoms with Gasteiger partial charge in [-0.25, -0.2) is 38.4 Å². The monoisotopic (exact) mass is 996 g/mol. The van der Waals surface area contributed by atoms with Crippen LogP contribution in [0.3, 0.4) is 0 Å². The molecule has 0 aromatic heterocycles. The maximum absolute atomic E-state index is 11.4. The number of rotatable bonds is 16. The maximum Gasteiger partial charge on any atom is 0.347 e. The van der Waals surface area contributed by atoms with Crippen LogP contribution in [0.4, 0.5) is 0 Å². The zero-order chi connectivity index (χ0) is 53.9. The van der Waals surface area contributed by atoms with E-state index in [1.807, 2.05) is 0 Å². The van der Waals surface area contributed by atoms with Crippen LogP contribution in [0.5, 0.6) is 0 Å². The van der Waals surface area contributed by atoms with Crippen LogP contribution in [0.15, 0.2) is 49.6 Å². The summed E-state index contributed by atoms with van der Waals surface area (Å²) in [5.41, 5.74) is -2.10. The minimum Gasteiger partial charge on any atom is -0.451 e. The van der Waals surface area contributed by atoms with Crippen molar-refractivity contribution in [1.82, 2.24) is 0 Å². The number of carbonyl (C=O) groups is 12. The minimum atomic E-state index is -0.943. The summed E-state index contributed by atoms with van der Waals surface area (Å²) in [6, 6.07) is 0. The average Bonchev–Trinajstić information content (AvgIpc) is 3.86. The zero-order valence-electron chi connectivity index (χ0n) is 40.7. The topological polar surface area (TPSA) is 316 Å². The number of esters is 12. The standard InChI is InChI=1S/2C12H16O6.2C11H14O6/c1-7(2)10(14)16-6-8(13)17-9-5-12(3,4)11(15)18-9;1-7(2)10(15)16-6-9(14)18-11-12(3,4)5-8(13)17-11;1-4-7(12)15-6-8(13)16-9-5-11(2,3)10(14)17-9;1-4-7(12)15-6-9(14)17-10-11(2,3)5-8(13)16-10/h9H,1,5-6H2,2-4H3;11H,1,5-6H2,2-4H3;4,9H,1,5-6H2,2-3H3;4,10H,1,5-6H2,2-3H3. The van der Waals surface area contributed by atoms with E-state index in [1.54, 1.807) is 55.4 Å². The lowest BCUT2D eigenvalue weighted by Crippen LogP contribution is -2.31. The summed E-state index contributed by atoms with van der Waals surface area (Å²) in [4.78, 5) is 133. The SMILES string of the molecule is C=C(C)C(=O)OCC(=O)OC1CC(C)(C)C(=O)O1.C=C(C)C(=O)OCC(=O)OC1OC(=O)CC1(C)C.C=CC(=O)OCC(=O)OC1CC(C)(C)C(=O)O1.C=CC(=O)OCC(=O)OC1OC(=O)CC1(C)C. The van der Waals surface area contributed by atoms with Crippen LogP contribution in [0, 0.1) is 21.7 Å². The lowest BCUT2D eigenvalue weighted by atomic mass is 9.91. The Kier molecular flexibility index (Phi) is 22.8. The molecule has 24 nitrogen and oxygen atoms in total. The van der Waals surface area contributed by atoms with Gasteiger partial charge in [-0.15, -0.1) is 0 Å². The summed E-state index contributed by atoms with van der Waals surface area (Å²) in [6.45, 7) is 27.7. The molecular formula is C46H60O24. The van der Waals surface area contributed by atoms with E-state index in [9.17, 15) is 57.5 Å². The first-order valence-corrected chi connectivity index (χ1v) is 21.0. The van der Waals surface area contributed by atoms with Gasteiger partial charge in [0.2, 0.25) is 12.6 Å². The van der Waals surface area contributed by atoms with E-state index in [0.717, 1.165) is 12.2 Å². The number of ether oxygens (including phenoxy) is 12. The Balaban J connectivity index is 0.000000467. The van der Waals surface area contributed by atoms with E-state index in [4.69, 9.17) is 37.9 Å². The van der Waals surface area contributed by atoms with Crippen LogP contribution in [0.25, 0.3) is 0 Å². The van der Waals surface area contributed by atoms with Crippen molar-refractivity contribution >= 4 is 71.6 Å². The average molecular weight is 997 g/mol. The third-order valence-corrected chi connectivity index (χ3v) is 9.23. The van der Waals surface area contributed by atoms with Crippen LogP contribution in [-0.4, -0.2) is 123 Å². The Hall–Kier alpha value is -7.40. The molecule has 4 aliphatic heterocycles. The van der Waals surface area contributed by atoms with Gasteiger partial charge in [0.15, 0.2) is 26.4 Å². The molecular weight excluding hydrogens is 936 g/mol. The summed E-state index contributed by atoms with van der Waals surface area (Å²) < 4.78 is 57.1. The number of carbonyl (C=O) groups excluding carboxylic acids is 12. The first kappa shape index (κ1) is 60.6. The fourth-order valence-corrected chi connectivity index (χ4v) is 5.23. The summed E-state index contributed by atoms with van der Waals surface area (Å²) in [5.74, 6) is -7.52. The smallest absolute Gasteiger partial charge is 0.347 e. The molecule has 0 bridgehead atoms. The van der Waals surface area contributed by atoms with Crippen LogP contribution in [0.1, 0.15) is 94.9 Å². The predicted octanol–water partition coefficient (Wildman–Crippen LogP) is 3.01. The van der Waals surface area contributed by atoms with Crippen LogP contribution >= 0.6 is 0 Å². The lowest BCUT2D eigenvalue weighted by Gasteiger charge is -2.22. The molecule has 24 heteroatoms. The highest BCUT2D eigenvalue weighted by atomic mass is 16.7. The summed E-state index contributed by atoms with van der Waals surface area (Å²) in [5, 5.41) is 0. The van der Waals surface area contributed by atoms with Crippen molar-refractivity contribution in [2.45, 2.75) is 120 Å². The normalized spacial score (nSPS) is 21.3. The van der Waals surface area contributed by atoms with Crippen molar-refractivity contribution < 1.29 is 114 Å². The molecule has 0 radical (unpaired) electrons. The van der Waals surface area contributed by atoms with E-state index in [-0.39, 0.29) is 36.8 Å². The van der Waals surface area contributed by atoms with Gasteiger partial charge in [0, 0.05) is 47.0 Å². The molecule has 0 aromatic carbocycles. The highest BCUT2D eigenvalue weighted by Gasteiger charge is 2.47. The molecule has 4 rings (SSSR count). The first-order valence-electron chi connectivity index (χ1n) is 21.0. The van der Waals surface area contributed by atoms with Crippen LogP contribution < -0.4 is 0 Å². The van der Waals surface area contributed by atoms with E-state index in [0.29, 0.717) is 0 Å². The molecule has 0 saturated carbocycles. The second-order valence-electron chi connectivity index (χ2n) is 18.1. The fourth-order valence-electron chi connectivity index (χ4n) is 5.23. The fraction of sp³-hybridized carbons (Fsp3) is 0.565. The first-order chi connectivity index (χ1) is 32.1. The molecule has 0 spiro atoms. The molecule has 4 heterocycles. The molecule has 4 aliphatic rings. The second kappa shape index (κ2) is 26.4. The van der Waals surface area contributed by atoms with E-state index < -0.39 is 145 Å². The molecule has 4 unspecified atom stereocenters. The molecule has 0 aliphatic carbocycles. The Labute approximate surface area is 403 Å². The molecule has 388 valence electrons. The quantitative estimate of drug-likeness (QED) is 0.122. The van der Waals surface area contributed by atoms with Gasteiger partial charge in [-0.1, -0.05) is 54.0 Å². The molecule has 70 heavy (non-hydrogen) atoms. The van der Waals surface area contributed by atoms with E-state index in [2.05, 4.69) is 45.3 Å². The van der Waals surface area contributed by atoms with Gasteiger partial charge >= 0.3 is 71.6 Å². The number of hydrogen-bond donors (Lipinski definition) is 0. The van der Waals surface area contributed by atoms with Gasteiger partial charge in [-0.05, 0) is 41.5 Å². The van der Waals surface area contributed by atoms with E-state index >= 15 is 0 Å². The third kappa shape index (κ3) is 21.3. The molecule has 0 amide bonds. The van der Waals surface area contributed by atoms with Crippen molar-refractivity contribution in [3.8, 4) is 0 Å². The highest BCUT2D eigenvalue weighted by Crippen LogP contribution is 2.37. The van der Waals surface area contributed by atoms with Gasteiger partial charge < -0.3 is 56.8 Å². The summed E-state index contributed by atoms with van der Waals surface area (Å²) in [6.07, 6.45) is -0.909. The van der Waals surface area contributed by atoms with Crippen LogP contribution in [-0.2, 0) is 114 Å². The molecule has 4 fully saturated rings. The Bertz CT molecular complexity index is 2090. The molecule has 4 atom stereocenters. The van der Waals surface area contributed by atoms with Crippen molar-refractivity contribution in [3.05, 3.63) is 49.6 Å². The van der Waals surface area contributed by atoms with Crippen molar-refractivity contribution in [1.29, 1.82) is 0 Å². The van der Waals surface area contributed by atoms with Gasteiger partial charge in [0.05, 0.1) is 23.7 Å². The summed E-state index contributed by atoms with van der Waals surface area (Å²) in [7, 11) is 0. The number of hydrogen-bond acceptors (Lipinski definition) is 24. The van der Waals surface area contributed by atoms with Gasteiger partial charge in [0.1, 0.15) is 0 Å². The zero-order valence-corrected chi connectivity index (χ0v) is 40.7. The summed E-state index contributed by atoms with van der Waals surface area (Å²) >= 11 is 0. The third-order valence-electron chi connectivity index (χ3n) is 9.23. The van der Waals surface area contributed by atoms with Crippen molar-refractivity contribution in [2.75, 3.05) is 26.4 Å². The molecule has 0 aromatic rings. The van der Waals surface area contributed by atoms with Gasteiger partial charge in [-0.3, -0.25) is 19.2 Å². The van der Waals surface area contributed by atoms with E-state index in [1.165, 1.54) is 13.8 Å². The maximum atomic E-state index is 11.4. The van der Waals surface area contributed by atoms with Crippen LogP contribution in [0.2, 0.25) is 0 Å².